The standard InChI is InChI=1S/C24H32BrN5OS/c1-5-22-20(23(31)27-17(4)9-8-14-29(6-2)7-3)15-26-30(22)24-28-21(16-32-24)18-10-12-19(25)13-11-18/h10-13,15-17H,5-9,14H2,1-4H3,(H,27,31). The van der Waals surface area contributed by atoms with Crippen LogP contribution in [-0.4, -0.2) is 51.2 Å². The average Bonchev–Trinajstić information content (AvgIpc) is 3.44. The summed E-state index contributed by atoms with van der Waals surface area (Å²) in [6.07, 6.45) is 4.39. The first-order valence-electron chi connectivity index (χ1n) is 11.3. The summed E-state index contributed by atoms with van der Waals surface area (Å²) in [5.74, 6) is -0.0619. The van der Waals surface area contributed by atoms with Gasteiger partial charge in [-0.2, -0.15) is 5.10 Å². The number of aromatic nitrogens is 3. The summed E-state index contributed by atoms with van der Waals surface area (Å²) < 4.78 is 2.84. The van der Waals surface area contributed by atoms with Crippen molar-refractivity contribution in [1.82, 2.24) is 25.0 Å². The van der Waals surface area contributed by atoms with Gasteiger partial charge in [-0.05, 0) is 58.0 Å². The first kappa shape index (κ1) is 24.6. The van der Waals surface area contributed by atoms with E-state index >= 15 is 0 Å². The normalized spacial score (nSPS) is 12.3. The van der Waals surface area contributed by atoms with Crippen molar-refractivity contribution in [2.45, 2.75) is 53.0 Å². The Balaban J connectivity index is 1.68. The van der Waals surface area contributed by atoms with Crippen LogP contribution in [0.15, 0.2) is 40.3 Å². The summed E-state index contributed by atoms with van der Waals surface area (Å²) in [7, 11) is 0. The van der Waals surface area contributed by atoms with Gasteiger partial charge in [0.2, 0.25) is 5.13 Å². The van der Waals surface area contributed by atoms with Gasteiger partial charge in [-0.3, -0.25) is 4.79 Å². The highest BCUT2D eigenvalue weighted by Crippen LogP contribution is 2.26. The van der Waals surface area contributed by atoms with Crippen molar-refractivity contribution in [2.75, 3.05) is 19.6 Å². The van der Waals surface area contributed by atoms with Crippen molar-refractivity contribution in [1.29, 1.82) is 0 Å². The summed E-state index contributed by atoms with van der Waals surface area (Å²) >= 11 is 5.00. The van der Waals surface area contributed by atoms with E-state index in [4.69, 9.17) is 4.98 Å². The number of carbonyl (C=O) groups is 1. The molecule has 0 aliphatic rings. The zero-order valence-electron chi connectivity index (χ0n) is 19.3. The molecule has 1 aromatic carbocycles. The van der Waals surface area contributed by atoms with Gasteiger partial charge in [0.15, 0.2) is 0 Å². The molecule has 0 fully saturated rings. The second-order valence-corrected chi connectivity index (χ2v) is 9.59. The molecule has 32 heavy (non-hydrogen) atoms. The topological polar surface area (TPSA) is 63.1 Å². The monoisotopic (exact) mass is 517 g/mol. The van der Waals surface area contributed by atoms with Crippen molar-refractivity contribution in [3.63, 3.8) is 0 Å². The van der Waals surface area contributed by atoms with E-state index < -0.39 is 0 Å². The van der Waals surface area contributed by atoms with Crippen LogP contribution in [0.3, 0.4) is 0 Å². The Morgan fingerprint density at radius 3 is 2.59 bits per heavy atom. The molecule has 6 nitrogen and oxygen atoms in total. The lowest BCUT2D eigenvalue weighted by Crippen LogP contribution is -2.34. The van der Waals surface area contributed by atoms with Crippen molar-refractivity contribution in [3.8, 4) is 16.4 Å². The number of nitrogens with one attached hydrogen (secondary N) is 1. The molecule has 0 spiro atoms. The fourth-order valence-electron chi connectivity index (χ4n) is 3.72. The zero-order valence-corrected chi connectivity index (χ0v) is 21.7. The molecule has 2 heterocycles. The molecule has 1 unspecified atom stereocenters. The maximum atomic E-state index is 13.0. The van der Waals surface area contributed by atoms with E-state index in [1.807, 2.05) is 36.6 Å². The van der Waals surface area contributed by atoms with Crippen LogP contribution in [0, 0.1) is 0 Å². The van der Waals surface area contributed by atoms with E-state index in [2.05, 4.69) is 52.0 Å². The summed E-state index contributed by atoms with van der Waals surface area (Å²) in [5.41, 5.74) is 3.47. The Labute approximate surface area is 203 Å². The summed E-state index contributed by atoms with van der Waals surface area (Å²) in [5, 5.41) is 10.4. The number of carbonyl (C=O) groups excluding carboxylic acids is 1. The maximum absolute atomic E-state index is 13.0. The highest BCUT2D eigenvalue weighted by atomic mass is 79.9. The quantitative estimate of drug-likeness (QED) is 0.361. The van der Waals surface area contributed by atoms with Crippen LogP contribution in [0.25, 0.3) is 16.4 Å². The lowest BCUT2D eigenvalue weighted by molar-refractivity contribution is 0.0936. The minimum Gasteiger partial charge on any atom is -0.349 e. The lowest BCUT2D eigenvalue weighted by Gasteiger charge is -2.19. The third-order valence-corrected chi connectivity index (χ3v) is 6.99. The molecule has 0 radical (unpaired) electrons. The molecule has 1 amide bonds. The van der Waals surface area contributed by atoms with E-state index in [-0.39, 0.29) is 11.9 Å². The summed E-state index contributed by atoms with van der Waals surface area (Å²) in [4.78, 5) is 20.1. The number of hydrogen-bond donors (Lipinski definition) is 1. The SMILES string of the molecule is CCc1c(C(=O)NC(C)CCCN(CC)CC)cnn1-c1nc(-c2ccc(Br)cc2)cs1. The second-order valence-electron chi connectivity index (χ2n) is 7.84. The number of amides is 1. The third-order valence-electron chi connectivity index (χ3n) is 5.65. The number of benzene rings is 1. The molecule has 8 heteroatoms. The van der Waals surface area contributed by atoms with Gasteiger partial charge in [0.05, 0.1) is 23.1 Å². The van der Waals surface area contributed by atoms with Crippen molar-refractivity contribution < 1.29 is 4.79 Å². The van der Waals surface area contributed by atoms with Gasteiger partial charge >= 0.3 is 0 Å². The van der Waals surface area contributed by atoms with Gasteiger partial charge in [0, 0.05) is 21.5 Å². The zero-order chi connectivity index (χ0) is 23.1. The Hall–Kier alpha value is -2.03. The van der Waals surface area contributed by atoms with Crippen molar-refractivity contribution in [2.24, 2.45) is 0 Å². The van der Waals surface area contributed by atoms with Gasteiger partial charge in [0.25, 0.3) is 5.91 Å². The molecule has 3 aromatic rings. The van der Waals surface area contributed by atoms with Gasteiger partial charge in [-0.1, -0.05) is 48.8 Å². The minimum atomic E-state index is -0.0619. The first-order valence-corrected chi connectivity index (χ1v) is 13.0. The smallest absolute Gasteiger partial charge is 0.254 e. The fraction of sp³-hybridized carbons (Fsp3) is 0.458. The number of nitrogens with zero attached hydrogens (tertiary/aromatic N) is 4. The van der Waals surface area contributed by atoms with Crippen molar-refractivity contribution in [3.05, 3.63) is 51.6 Å². The van der Waals surface area contributed by atoms with E-state index in [9.17, 15) is 4.79 Å². The summed E-state index contributed by atoms with van der Waals surface area (Å²) in [6.45, 7) is 11.7. The molecule has 0 aliphatic carbocycles. The second kappa shape index (κ2) is 11.7. The number of halogens is 1. The summed E-state index contributed by atoms with van der Waals surface area (Å²) in [6, 6.07) is 8.20. The highest BCUT2D eigenvalue weighted by molar-refractivity contribution is 9.10. The number of rotatable bonds is 11. The molecule has 0 aliphatic heterocycles. The van der Waals surface area contributed by atoms with E-state index in [0.717, 1.165) is 59.0 Å². The molecule has 0 bridgehead atoms. The third kappa shape index (κ3) is 6.05. The van der Waals surface area contributed by atoms with Crippen LogP contribution in [0.1, 0.15) is 56.6 Å². The highest BCUT2D eigenvalue weighted by Gasteiger charge is 2.20. The Kier molecular flexibility index (Phi) is 9.02. The Bertz CT molecular complexity index is 1010. The fourth-order valence-corrected chi connectivity index (χ4v) is 4.80. The number of hydrogen-bond acceptors (Lipinski definition) is 5. The van der Waals surface area contributed by atoms with E-state index in [0.29, 0.717) is 12.0 Å². The van der Waals surface area contributed by atoms with Crippen LogP contribution in [-0.2, 0) is 6.42 Å². The van der Waals surface area contributed by atoms with Crippen LogP contribution in [0.4, 0.5) is 0 Å². The molecule has 0 saturated heterocycles. The molecule has 172 valence electrons. The maximum Gasteiger partial charge on any atom is 0.254 e. The predicted molar refractivity (Wildman–Crippen MR) is 136 cm³/mol. The minimum absolute atomic E-state index is 0.0619. The Morgan fingerprint density at radius 2 is 1.94 bits per heavy atom. The predicted octanol–water partition coefficient (Wildman–Crippen LogP) is 5.56. The van der Waals surface area contributed by atoms with Gasteiger partial charge < -0.3 is 10.2 Å². The molecule has 2 aromatic heterocycles. The van der Waals surface area contributed by atoms with Crippen LogP contribution in [0.2, 0.25) is 0 Å². The number of thiazole rings is 1. The van der Waals surface area contributed by atoms with Gasteiger partial charge in [-0.15, -0.1) is 11.3 Å². The van der Waals surface area contributed by atoms with Gasteiger partial charge in [0.1, 0.15) is 0 Å². The lowest BCUT2D eigenvalue weighted by atomic mass is 10.1. The van der Waals surface area contributed by atoms with Crippen LogP contribution >= 0.6 is 27.3 Å². The molecular weight excluding hydrogens is 486 g/mol. The molecule has 0 saturated carbocycles. The van der Waals surface area contributed by atoms with Crippen LogP contribution < -0.4 is 5.32 Å². The molecule has 1 atom stereocenters. The average molecular weight is 519 g/mol. The van der Waals surface area contributed by atoms with E-state index in [1.165, 1.54) is 11.3 Å². The van der Waals surface area contributed by atoms with Gasteiger partial charge in [-0.25, -0.2) is 9.67 Å². The largest absolute Gasteiger partial charge is 0.349 e. The van der Waals surface area contributed by atoms with Crippen molar-refractivity contribution >= 4 is 33.2 Å². The van der Waals surface area contributed by atoms with Crippen LogP contribution in [0.5, 0.6) is 0 Å². The molecular formula is C24H32BrN5OS. The Morgan fingerprint density at radius 1 is 1.22 bits per heavy atom. The first-order chi connectivity index (χ1) is 15.5. The molecule has 3 rings (SSSR count). The molecule has 1 N–H and O–H groups in total. The van der Waals surface area contributed by atoms with E-state index in [1.54, 1.807) is 10.9 Å².